The Balaban J connectivity index is 1.15. The second-order valence-corrected chi connectivity index (χ2v) is 14.6. The molecular weight excluding hydrogens is 631 g/mol. The molecule has 10 rings (SSSR count). The van der Waals surface area contributed by atoms with Gasteiger partial charge in [-0.15, -0.1) is 22.7 Å². The molecule has 3 heteroatoms. The summed E-state index contributed by atoms with van der Waals surface area (Å²) >= 11 is 3.75. The molecule has 1 nitrogen and oxygen atoms in total. The van der Waals surface area contributed by atoms with Crippen molar-refractivity contribution in [3.63, 3.8) is 0 Å². The monoisotopic (exact) mass is 659 g/mol. The maximum atomic E-state index is 2.44. The SMILES string of the molecule is c1ccc(N(c2ccc(-c3cccc4c3sc3ccccc34)cc2)c2cccc3ccccc23)c(-c2ccc3c(c2)sc2ccccc23)c1. The zero-order valence-electron chi connectivity index (χ0n) is 26.5. The largest absolute Gasteiger partial charge is 0.309 e. The second-order valence-electron chi connectivity index (χ2n) is 12.5. The van der Waals surface area contributed by atoms with Crippen LogP contribution in [0.1, 0.15) is 0 Å². The number of nitrogens with zero attached hydrogens (tertiary/aromatic N) is 1. The van der Waals surface area contributed by atoms with Crippen molar-refractivity contribution in [3.05, 3.63) is 176 Å². The maximum Gasteiger partial charge on any atom is 0.0540 e. The molecule has 0 spiro atoms. The van der Waals surface area contributed by atoms with Gasteiger partial charge >= 0.3 is 0 Å². The molecule has 8 aromatic carbocycles. The molecule has 0 fully saturated rings. The van der Waals surface area contributed by atoms with E-state index in [1.165, 1.54) is 73.4 Å². The first-order chi connectivity index (χ1) is 24.3. The Morgan fingerprint density at radius 1 is 0.347 bits per heavy atom. The van der Waals surface area contributed by atoms with Gasteiger partial charge in [0.2, 0.25) is 0 Å². The average Bonchev–Trinajstić information content (AvgIpc) is 3.74. The first-order valence-corrected chi connectivity index (χ1v) is 18.2. The lowest BCUT2D eigenvalue weighted by molar-refractivity contribution is 1.30. The molecule has 0 atom stereocenters. The van der Waals surface area contributed by atoms with Crippen molar-refractivity contribution in [2.45, 2.75) is 0 Å². The van der Waals surface area contributed by atoms with Crippen LogP contribution in [0, 0.1) is 0 Å². The molecule has 0 aliphatic rings. The maximum absolute atomic E-state index is 2.44. The molecule has 0 amide bonds. The number of anilines is 3. The van der Waals surface area contributed by atoms with Crippen molar-refractivity contribution in [1.82, 2.24) is 0 Å². The summed E-state index contributed by atoms with van der Waals surface area (Å²) in [6.07, 6.45) is 0. The summed E-state index contributed by atoms with van der Waals surface area (Å²) < 4.78 is 5.30. The Hall–Kier alpha value is -5.74. The van der Waals surface area contributed by atoms with Crippen molar-refractivity contribution in [3.8, 4) is 22.3 Å². The zero-order chi connectivity index (χ0) is 32.3. The van der Waals surface area contributed by atoms with E-state index in [0.29, 0.717) is 0 Å². The molecular formula is C46H29NS2. The van der Waals surface area contributed by atoms with Gasteiger partial charge in [0.25, 0.3) is 0 Å². The molecule has 0 unspecified atom stereocenters. The standard InChI is InChI=1S/C46H29NS2/c1-2-13-34-30(11-1)12-9-20-42(34)47(33-26-23-31(24-27-33)36-17-10-18-40-38-16-5-8-22-44(38)49-46(36)40)41-19-6-3-14-35(41)32-25-28-39-37-15-4-7-21-43(37)48-45(39)29-32/h1-29H. The third-order valence-electron chi connectivity index (χ3n) is 9.68. The van der Waals surface area contributed by atoms with Crippen LogP contribution in [0.5, 0.6) is 0 Å². The number of hydrogen-bond donors (Lipinski definition) is 0. The number of benzene rings is 8. The predicted molar refractivity (Wildman–Crippen MR) is 215 cm³/mol. The normalized spacial score (nSPS) is 11.7. The van der Waals surface area contributed by atoms with Crippen LogP contribution in [0.25, 0.3) is 73.4 Å². The summed E-state index contributed by atoms with van der Waals surface area (Å²) in [6, 6.07) is 64.4. The van der Waals surface area contributed by atoms with Gasteiger partial charge in [-0.2, -0.15) is 0 Å². The molecule has 0 saturated heterocycles. The van der Waals surface area contributed by atoms with Crippen molar-refractivity contribution >= 4 is 90.9 Å². The summed E-state index contributed by atoms with van der Waals surface area (Å²) in [5.41, 5.74) is 8.36. The van der Waals surface area contributed by atoms with E-state index in [-0.39, 0.29) is 0 Å². The summed E-state index contributed by atoms with van der Waals surface area (Å²) in [5, 5.41) is 7.74. The predicted octanol–water partition coefficient (Wildman–Crippen LogP) is 14.4. The lowest BCUT2D eigenvalue weighted by Crippen LogP contribution is -2.11. The van der Waals surface area contributed by atoms with Crippen LogP contribution >= 0.6 is 22.7 Å². The zero-order valence-corrected chi connectivity index (χ0v) is 28.1. The van der Waals surface area contributed by atoms with Crippen LogP contribution in [0.15, 0.2) is 176 Å². The van der Waals surface area contributed by atoms with Crippen molar-refractivity contribution in [1.29, 1.82) is 0 Å². The molecule has 2 heterocycles. The Labute approximate surface area is 292 Å². The highest BCUT2D eigenvalue weighted by molar-refractivity contribution is 7.26. The molecule has 10 aromatic rings. The van der Waals surface area contributed by atoms with E-state index in [1.807, 2.05) is 22.7 Å². The van der Waals surface area contributed by atoms with Gasteiger partial charge in [-0.1, -0.05) is 133 Å². The Morgan fingerprint density at radius 2 is 0.918 bits per heavy atom. The highest BCUT2D eigenvalue weighted by Gasteiger charge is 2.20. The fraction of sp³-hybridized carbons (Fsp3) is 0. The molecule has 230 valence electrons. The Kier molecular flexibility index (Phi) is 6.61. The van der Waals surface area contributed by atoms with E-state index in [9.17, 15) is 0 Å². The summed E-state index contributed by atoms with van der Waals surface area (Å²) in [7, 11) is 0. The van der Waals surface area contributed by atoms with Gasteiger partial charge in [-0.05, 0) is 64.5 Å². The van der Waals surface area contributed by atoms with E-state index in [1.54, 1.807) is 0 Å². The highest BCUT2D eigenvalue weighted by Crippen LogP contribution is 2.46. The fourth-order valence-corrected chi connectivity index (χ4v) is 9.77. The molecule has 0 aliphatic heterocycles. The average molecular weight is 660 g/mol. The quantitative estimate of drug-likeness (QED) is 0.178. The van der Waals surface area contributed by atoms with Crippen molar-refractivity contribution < 1.29 is 0 Å². The lowest BCUT2D eigenvalue weighted by atomic mass is 9.98. The summed E-state index contributed by atoms with van der Waals surface area (Å²) in [5.74, 6) is 0. The molecule has 0 radical (unpaired) electrons. The number of para-hydroxylation sites is 1. The van der Waals surface area contributed by atoms with Crippen LogP contribution in [-0.2, 0) is 0 Å². The van der Waals surface area contributed by atoms with E-state index >= 15 is 0 Å². The lowest BCUT2D eigenvalue weighted by Gasteiger charge is -2.29. The van der Waals surface area contributed by atoms with Crippen molar-refractivity contribution in [2.24, 2.45) is 0 Å². The number of hydrogen-bond acceptors (Lipinski definition) is 3. The van der Waals surface area contributed by atoms with Crippen LogP contribution in [0.2, 0.25) is 0 Å². The van der Waals surface area contributed by atoms with Gasteiger partial charge in [-0.3, -0.25) is 0 Å². The molecule has 0 aliphatic carbocycles. The molecule has 2 aromatic heterocycles. The molecule has 0 bridgehead atoms. The first-order valence-electron chi connectivity index (χ1n) is 16.6. The van der Waals surface area contributed by atoms with E-state index in [4.69, 9.17) is 0 Å². The van der Waals surface area contributed by atoms with Crippen LogP contribution in [0.3, 0.4) is 0 Å². The van der Waals surface area contributed by atoms with Crippen LogP contribution in [0.4, 0.5) is 17.1 Å². The molecule has 0 N–H and O–H groups in total. The summed E-state index contributed by atoms with van der Waals surface area (Å²) in [6.45, 7) is 0. The first kappa shape index (κ1) is 28.3. The van der Waals surface area contributed by atoms with E-state index < -0.39 is 0 Å². The smallest absolute Gasteiger partial charge is 0.0540 e. The number of fused-ring (bicyclic) bond motifs is 7. The van der Waals surface area contributed by atoms with Gasteiger partial charge < -0.3 is 4.90 Å². The second kappa shape index (κ2) is 11.5. The van der Waals surface area contributed by atoms with Crippen molar-refractivity contribution in [2.75, 3.05) is 4.90 Å². The fourth-order valence-electron chi connectivity index (χ4n) is 7.38. The third-order valence-corrected chi connectivity index (χ3v) is 12.0. The minimum Gasteiger partial charge on any atom is -0.309 e. The van der Waals surface area contributed by atoms with Crippen LogP contribution in [-0.4, -0.2) is 0 Å². The van der Waals surface area contributed by atoms with Gasteiger partial charge in [0.15, 0.2) is 0 Å². The minimum atomic E-state index is 1.12. The number of thiophene rings is 2. The topological polar surface area (TPSA) is 3.24 Å². The van der Waals surface area contributed by atoms with Gasteiger partial charge in [0.05, 0.1) is 11.4 Å². The highest BCUT2D eigenvalue weighted by atomic mass is 32.1. The third kappa shape index (κ3) is 4.66. The van der Waals surface area contributed by atoms with E-state index in [0.717, 1.165) is 17.1 Å². The Morgan fingerprint density at radius 3 is 1.78 bits per heavy atom. The van der Waals surface area contributed by atoms with Crippen LogP contribution < -0.4 is 4.90 Å². The van der Waals surface area contributed by atoms with E-state index in [2.05, 4.69) is 181 Å². The minimum absolute atomic E-state index is 1.12. The van der Waals surface area contributed by atoms with Gasteiger partial charge in [0, 0.05) is 57.0 Å². The van der Waals surface area contributed by atoms with Gasteiger partial charge in [-0.25, -0.2) is 0 Å². The molecule has 0 saturated carbocycles. The van der Waals surface area contributed by atoms with Gasteiger partial charge in [0.1, 0.15) is 0 Å². The molecule has 49 heavy (non-hydrogen) atoms. The number of rotatable bonds is 5. The summed E-state index contributed by atoms with van der Waals surface area (Å²) in [4.78, 5) is 2.44. The Bertz CT molecular complexity index is 2830.